The molecule has 2 fully saturated rings. The van der Waals surface area contributed by atoms with Gasteiger partial charge in [-0.05, 0) is 30.6 Å². The van der Waals surface area contributed by atoms with Gasteiger partial charge >= 0.3 is 5.97 Å². The van der Waals surface area contributed by atoms with E-state index in [1.807, 2.05) is 0 Å². The zero-order valence-electron chi connectivity index (χ0n) is 9.68. The maximum atomic E-state index is 11.2. The molecule has 0 amide bonds. The molecule has 0 unspecified atom stereocenters. The van der Waals surface area contributed by atoms with Crippen LogP contribution < -0.4 is 0 Å². The second-order valence-electron chi connectivity index (χ2n) is 5.72. The first-order chi connectivity index (χ1) is 6.91. The highest BCUT2D eigenvalue weighted by molar-refractivity contribution is 6.26. The summed E-state index contributed by atoms with van der Waals surface area (Å²) in [5.74, 6) is 0.402. The summed E-state index contributed by atoms with van der Waals surface area (Å²) in [4.78, 5) is 11.2. The smallest absolute Gasteiger partial charge is 0.321 e. The van der Waals surface area contributed by atoms with E-state index in [-0.39, 0.29) is 23.4 Å². The standard InChI is InChI=1S/C12H19ClO2/c1-11(2)8-4-5-12(11,3)9(6-8)15-10(14)7-13/h8-9H,4-7H2,1-3H3/t8-,9-,12+/m1/s1. The van der Waals surface area contributed by atoms with Crippen LogP contribution in [0, 0.1) is 16.7 Å². The number of carbonyl (C=O) groups is 1. The fourth-order valence-corrected chi connectivity index (χ4v) is 3.56. The highest BCUT2D eigenvalue weighted by Crippen LogP contribution is 2.66. The van der Waals surface area contributed by atoms with Crippen LogP contribution in [-0.2, 0) is 9.53 Å². The maximum absolute atomic E-state index is 11.2. The molecule has 0 aromatic heterocycles. The first-order valence-electron chi connectivity index (χ1n) is 5.67. The van der Waals surface area contributed by atoms with Crippen LogP contribution in [0.4, 0.5) is 0 Å². The molecule has 2 aliphatic rings. The molecule has 0 aromatic rings. The summed E-state index contributed by atoms with van der Waals surface area (Å²) in [7, 11) is 0. The van der Waals surface area contributed by atoms with Crippen LogP contribution >= 0.6 is 11.6 Å². The number of ether oxygens (including phenoxy) is 1. The van der Waals surface area contributed by atoms with Crippen LogP contribution in [0.25, 0.3) is 0 Å². The third-order valence-electron chi connectivity index (χ3n) is 5.10. The Morgan fingerprint density at radius 1 is 1.47 bits per heavy atom. The molecule has 0 heterocycles. The summed E-state index contributed by atoms with van der Waals surface area (Å²) in [5, 5.41) is 0. The molecule has 2 aliphatic carbocycles. The Labute approximate surface area is 96.3 Å². The van der Waals surface area contributed by atoms with E-state index in [0.29, 0.717) is 11.3 Å². The fourth-order valence-electron chi connectivity index (χ4n) is 3.50. The van der Waals surface area contributed by atoms with E-state index in [4.69, 9.17) is 16.3 Å². The van der Waals surface area contributed by atoms with Crippen LogP contribution in [0.2, 0.25) is 0 Å². The molecule has 3 heteroatoms. The number of fused-ring (bicyclic) bond motifs is 2. The van der Waals surface area contributed by atoms with Crippen molar-refractivity contribution in [1.82, 2.24) is 0 Å². The van der Waals surface area contributed by atoms with Crippen molar-refractivity contribution in [1.29, 1.82) is 0 Å². The van der Waals surface area contributed by atoms with E-state index < -0.39 is 0 Å². The van der Waals surface area contributed by atoms with Crippen molar-refractivity contribution in [3.8, 4) is 0 Å². The van der Waals surface area contributed by atoms with Gasteiger partial charge in [-0.3, -0.25) is 4.79 Å². The number of rotatable bonds is 2. The Balaban J connectivity index is 2.15. The average molecular weight is 231 g/mol. The largest absolute Gasteiger partial charge is 0.461 e. The van der Waals surface area contributed by atoms with Crippen molar-refractivity contribution in [2.45, 2.75) is 46.1 Å². The molecule has 0 radical (unpaired) electrons. The summed E-state index contributed by atoms with van der Waals surface area (Å²) >= 11 is 5.47. The lowest BCUT2D eigenvalue weighted by Gasteiger charge is -2.38. The highest BCUT2D eigenvalue weighted by atomic mass is 35.5. The summed E-state index contributed by atoms with van der Waals surface area (Å²) in [6.45, 7) is 6.87. The van der Waals surface area contributed by atoms with Crippen molar-refractivity contribution in [3.05, 3.63) is 0 Å². The van der Waals surface area contributed by atoms with Gasteiger partial charge in [-0.25, -0.2) is 0 Å². The molecule has 0 spiro atoms. The van der Waals surface area contributed by atoms with Gasteiger partial charge in [0, 0.05) is 5.41 Å². The topological polar surface area (TPSA) is 26.3 Å². The molecular weight excluding hydrogens is 212 g/mol. The van der Waals surface area contributed by atoms with Gasteiger partial charge in [0.05, 0.1) is 0 Å². The fraction of sp³-hybridized carbons (Fsp3) is 0.917. The molecule has 0 aliphatic heterocycles. The number of esters is 1. The monoisotopic (exact) mass is 230 g/mol. The number of alkyl halides is 1. The number of hydrogen-bond donors (Lipinski definition) is 0. The van der Waals surface area contributed by atoms with Crippen LogP contribution in [-0.4, -0.2) is 18.0 Å². The molecule has 2 saturated carbocycles. The van der Waals surface area contributed by atoms with Gasteiger partial charge in [0.1, 0.15) is 12.0 Å². The number of hydrogen-bond acceptors (Lipinski definition) is 2. The predicted octanol–water partition coefficient (Wildman–Crippen LogP) is 2.98. The van der Waals surface area contributed by atoms with Crippen LogP contribution in [0.15, 0.2) is 0 Å². The number of carbonyl (C=O) groups excluding carboxylic acids is 1. The normalized spacial score (nSPS) is 41.9. The van der Waals surface area contributed by atoms with Crippen LogP contribution in [0.5, 0.6) is 0 Å². The highest BCUT2D eigenvalue weighted by Gasteiger charge is 2.62. The first-order valence-corrected chi connectivity index (χ1v) is 6.20. The second-order valence-corrected chi connectivity index (χ2v) is 5.99. The molecular formula is C12H19ClO2. The third kappa shape index (κ3) is 1.41. The minimum atomic E-state index is -0.272. The summed E-state index contributed by atoms with van der Waals surface area (Å²) in [6.07, 6.45) is 3.55. The minimum Gasteiger partial charge on any atom is -0.461 e. The maximum Gasteiger partial charge on any atom is 0.321 e. The molecule has 86 valence electrons. The summed E-state index contributed by atoms with van der Waals surface area (Å²) < 4.78 is 5.46. The van der Waals surface area contributed by atoms with Gasteiger partial charge in [0.2, 0.25) is 0 Å². The Hall–Kier alpha value is -0.240. The van der Waals surface area contributed by atoms with Crippen molar-refractivity contribution >= 4 is 17.6 Å². The zero-order chi connectivity index (χ0) is 11.3. The Bertz CT molecular complexity index is 287. The van der Waals surface area contributed by atoms with Crippen molar-refractivity contribution in [2.24, 2.45) is 16.7 Å². The molecule has 0 saturated heterocycles. The minimum absolute atomic E-state index is 0.0301. The lowest BCUT2D eigenvalue weighted by atomic mass is 9.70. The first kappa shape index (κ1) is 11.3. The third-order valence-corrected chi connectivity index (χ3v) is 5.31. The lowest BCUT2D eigenvalue weighted by Crippen LogP contribution is -2.38. The van der Waals surface area contributed by atoms with Gasteiger partial charge in [-0.15, -0.1) is 11.6 Å². The van der Waals surface area contributed by atoms with E-state index in [1.54, 1.807) is 0 Å². The quantitative estimate of drug-likeness (QED) is 0.539. The molecule has 3 atom stereocenters. The zero-order valence-corrected chi connectivity index (χ0v) is 10.4. The van der Waals surface area contributed by atoms with Crippen LogP contribution in [0.1, 0.15) is 40.0 Å². The Morgan fingerprint density at radius 2 is 2.13 bits per heavy atom. The predicted molar refractivity (Wildman–Crippen MR) is 59.8 cm³/mol. The van der Waals surface area contributed by atoms with E-state index >= 15 is 0 Å². The SMILES string of the molecule is CC1(C)[C@@H]2CC[C@@]1(C)[C@H](OC(=O)CCl)C2. The van der Waals surface area contributed by atoms with Crippen molar-refractivity contribution in [2.75, 3.05) is 5.88 Å². The Kier molecular flexibility index (Phi) is 2.53. The average Bonchev–Trinajstić information content (AvgIpc) is 2.50. The summed E-state index contributed by atoms with van der Waals surface area (Å²) in [5.41, 5.74) is 0.448. The lowest BCUT2D eigenvalue weighted by molar-refractivity contribution is -0.153. The van der Waals surface area contributed by atoms with Gasteiger partial charge in [0.25, 0.3) is 0 Å². The van der Waals surface area contributed by atoms with Gasteiger partial charge in [-0.2, -0.15) is 0 Å². The van der Waals surface area contributed by atoms with Gasteiger partial charge in [-0.1, -0.05) is 20.8 Å². The Morgan fingerprint density at radius 3 is 2.53 bits per heavy atom. The van der Waals surface area contributed by atoms with E-state index in [1.165, 1.54) is 12.8 Å². The van der Waals surface area contributed by atoms with Crippen molar-refractivity contribution < 1.29 is 9.53 Å². The molecule has 2 rings (SSSR count). The number of halogens is 1. The molecule has 0 aromatic carbocycles. The molecule has 2 nitrogen and oxygen atoms in total. The van der Waals surface area contributed by atoms with E-state index in [0.717, 1.165) is 6.42 Å². The molecule has 2 bridgehead atoms. The second kappa shape index (κ2) is 3.38. The molecule has 15 heavy (non-hydrogen) atoms. The van der Waals surface area contributed by atoms with Crippen molar-refractivity contribution in [3.63, 3.8) is 0 Å². The van der Waals surface area contributed by atoms with E-state index in [9.17, 15) is 4.79 Å². The van der Waals surface area contributed by atoms with E-state index in [2.05, 4.69) is 20.8 Å². The van der Waals surface area contributed by atoms with Gasteiger partial charge < -0.3 is 4.74 Å². The molecule has 0 N–H and O–H groups in total. The van der Waals surface area contributed by atoms with Gasteiger partial charge in [0.15, 0.2) is 0 Å². The summed E-state index contributed by atoms with van der Waals surface area (Å²) in [6, 6.07) is 0. The van der Waals surface area contributed by atoms with Crippen LogP contribution in [0.3, 0.4) is 0 Å².